The van der Waals surface area contributed by atoms with Gasteiger partial charge in [0, 0.05) is 29.2 Å². The van der Waals surface area contributed by atoms with Gasteiger partial charge in [-0.1, -0.05) is 34.9 Å². The van der Waals surface area contributed by atoms with Gasteiger partial charge >= 0.3 is 0 Å². The second kappa shape index (κ2) is 7.50. The lowest BCUT2D eigenvalue weighted by molar-refractivity contribution is -0.127. The van der Waals surface area contributed by atoms with Crippen molar-refractivity contribution in [1.82, 2.24) is 4.90 Å². The fourth-order valence-electron chi connectivity index (χ4n) is 3.29. The van der Waals surface area contributed by atoms with Crippen molar-refractivity contribution in [2.45, 2.75) is 33.6 Å². The number of likely N-dealkylation sites (tertiary alicyclic amines) is 1. The predicted octanol–water partition coefficient (Wildman–Crippen LogP) is 4.49. The van der Waals surface area contributed by atoms with Crippen molar-refractivity contribution in [2.24, 2.45) is 0 Å². The fourth-order valence-corrected chi connectivity index (χ4v) is 3.47. The van der Waals surface area contributed by atoms with Crippen LogP contribution in [0.15, 0.2) is 36.4 Å². The summed E-state index contributed by atoms with van der Waals surface area (Å²) in [6.07, 6.45) is 1.37. The molecule has 3 rings (SSSR count). The van der Waals surface area contributed by atoms with E-state index in [4.69, 9.17) is 11.6 Å². The minimum Gasteiger partial charge on any atom is -0.324 e. The number of amides is 2. The number of carbonyl (C=O) groups excluding carboxylic acids is 2. The summed E-state index contributed by atoms with van der Waals surface area (Å²) in [5, 5.41) is 0.605. The molecule has 1 aliphatic rings. The Hall–Kier alpha value is -2.33. The Labute approximate surface area is 159 Å². The molecule has 0 saturated carbocycles. The van der Waals surface area contributed by atoms with Crippen molar-refractivity contribution in [2.75, 3.05) is 18.1 Å². The minimum absolute atomic E-state index is 0.0847. The van der Waals surface area contributed by atoms with Crippen LogP contribution in [-0.2, 0) is 4.79 Å². The van der Waals surface area contributed by atoms with Crippen molar-refractivity contribution in [3.63, 3.8) is 0 Å². The Morgan fingerprint density at radius 3 is 2.38 bits per heavy atom. The second-order valence-corrected chi connectivity index (χ2v) is 7.35. The molecule has 1 aliphatic heterocycles. The quantitative estimate of drug-likeness (QED) is 0.795. The molecule has 4 nitrogen and oxygen atoms in total. The van der Waals surface area contributed by atoms with Crippen LogP contribution in [-0.4, -0.2) is 29.9 Å². The van der Waals surface area contributed by atoms with E-state index < -0.39 is 0 Å². The van der Waals surface area contributed by atoms with E-state index in [1.165, 1.54) is 0 Å². The molecule has 5 heteroatoms. The number of aryl methyl sites for hydroxylation is 3. The molecule has 2 aromatic carbocycles. The van der Waals surface area contributed by atoms with E-state index in [2.05, 4.69) is 0 Å². The highest BCUT2D eigenvalue weighted by Crippen LogP contribution is 2.26. The lowest BCUT2D eigenvalue weighted by Gasteiger charge is -2.28. The number of hydrogen-bond acceptors (Lipinski definition) is 2. The van der Waals surface area contributed by atoms with Gasteiger partial charge in [0.15, 0.2) is 0 Å². The first kappa shape index (κ1) is 18.5. The van der Waals surface area contributed by atoms with Crippen LogP contribution in [0, 0.1) is 20.8 Å². The van der Waals surface area contributed by atoms with E-state index in [9.17, 15) is 9.59 Å². The molecular formula is C21H23ClN2O2. The van der Waals surface area contributed by atoms with Crippen LogP contribution in [0.4, 0.5) is 5.69 Å². The molecule has 0 aliphatic carbocycles. The zero-order valence-electron chi connectivity index (χ0n) is 15.4. The molecule has 2 aromatic rings. The predicted molar refractivity (Wildman–Crippen MR) is 105 cm³/mol. The third-order valence-electron chi connectivity index (χ3n) is 4.66. The van der Waals surface area contributed by atoms with Crippen LogP contribution in [0.1, 0.15) is 39.9 Å². The number of carbonyl (C=O) groups is 2. The molecule has 26 heavy (non-hydrogen) atoms. The number of anilines is 1. The monoisotopic (exact) mass is 370 g/mol. The highest BCUT2D eigenvalue weighted by atomic mass is 35.5. The van der Waals surface area contributed by atoms with Crippen molar-refractivity contribution < 1.29 is 9.59 Å². The summed E-state index contributed by atoms with van der Waals surface area (Å²) in [7, 11) is 0. The molecule has 136 valence electrons. The Bertz CT molecular complexity index is 843. The summed E-state index contributed by atoms with van der Waals surface area (Å²) in [6.45, 7) is 6.78. The van der Waals surface area contributed by atoms with Gasteiger partial charge < -0.3 is 4.90 Å². The summed E-state index contributed by atoms with van der Waals surface area (Å²) in [5.41, 5.74) is 4.33. The van der Waals surface area contributed by atoms with Crippen molar-refractivity contribution in [3.8, 4) is 0 Å². The minimum atomic E-state index is -0.128. The summed E-state index contributed by atoms with van der Waals surface area (Å²) in [6, 6.07) is 11.4. The molecule has 2 amide bonds. The van der Waals surface area contributed by atoms with E-state index in [0.29, 0.717) is 29.2 Å². The Morgan fingerprint density at radius 2 is 1.81 bits per heavy atom. The maximum absolute atomic E-state index is 13.3. The van der Waals surface area contributed by atoms with E-state index in [0.717, 1.165) is 23.1 Å². The molecule has 0 bridgehead atoms. The second-order valence-electron chi connectivity index (χ2n) is 6.95. The summed E-state index contributed by atoms with van der Waals surface area (Å²) < 4.78 is 0. The third kappa shape index (κ3) is 3.91. The summed E-state index contributed by atoms with van der Waals surface area (Å²) in [4.78, 5) is 28.7. The van der Waals surface area contributed by atoms with Gasteiger partial charge in [-0.25, -0.2) is 0 Å². The zero-order valence-corrected chi connectivity index (χ0v) is 16.1. The van der Waals surface area contributed by atoms with Crippen LogP contribution < -0.4 is 4.90 Å². The number of benzene rings is 2. The fraction of sp³-hybridized carbons (Fsp3) is 0.333. The van der Waals surface area contributed by atoms with Crippen molar-refractivity contribution in [1.29, 1.82) is 0 Å². The van der Waals surface area contributed by atoms with E-state index >= 15 is 0 Å². The normalized spacial score (nSPS) is 14.0. The van der Waals surface area contributed by atoms with E-state index in [-0.39, 0.29) is 18.5 Å². The molecule has 0 radical (unpaired) electrons. The topological polar surface area (TPSA) is 40.6 Å². The number of rotatable bonds is 4. The smallest absolute Gasteiger partial charge is 0.259 e. The SMILES string of the molecule is Cc1cc(C)cc(C(=O)N(CN2CCCC2=O)c2ccc(C)c(Cl)c2)c1. The van der Waals surface area contributed by atoms with Crippen LogP contribution in [0.25, 0.3) is 0 Å². The van der Waals surface area contributed by atoms with Gasteiger partial charge in [0.1, 0.15) is 6.67 Å². The van der Waals surface area contributed by atoms with Crippen molar-refractivity contribution in [3.05, 3.63) is 63.7 Å². The van der Waals surface area contributed by atoms with Gasteiger partial charge in [-0.2, -0.15) is 0 Å². The first-order valence-corrected chi connectivity index (χ1v) is 9.17. The molecule has 0 spiro atoms. The van der Waals surface area contributed by atoms with Crippen molar-refractivity contribution >= 4 is 29.1 Å². The molecule has 0 aromatic heterocycles. The summed E-state index contributed by atoms with van der Waals surface area (Å²) >= 11 is 6.29. The molecular weight excluding hydrogens is 348 g/mol. The van der Waals surface area contributed by atoms with Crippen LogP contribution in [0.2, 0.25) is 5.02 Å². The van der Waals surface area contributed by atoms with Gasteiger partial charge in [-0.05, 0) is 57.0 Å². The molecule has 0 unspecified atom stereocenters. The summed E-state index contributed by atoms with van der Waals surface area (Å²) in [5.74, 6) is -0.0437. The lowest BCUT2D eigenvalue weighted by Crippen LogP contribution is -2.42. The molecule has 1 heterocycles. The molecule has 0 atom stereocenters. The van der Waals surface area contributed by atoms with Crippen LogP contribution in [0.5, 0.6) is 0 Å². The lowest BCUT2D eigenvalue weighted by atomic mass is 10.1. The van der Waals surface area contributed by atoms with Gasteiger partial charge in [0.05, 0.1) is 0 Å². The third-order valence-corrected chi connectivity index (χ3v) is 5.07. The maximum Gasteiger partial charge on any atom is 0.259 e. The Kier molecular flexibility index (Phi) is 5.33. The Morgan fingerprint density at radius 1 is 1.12 bits per heavy atom. The van der Waals surface area contributed by atoms with E-state index in [1.807, 2.05) is 51.1 Å². The first-order chi connectivity index (χ1) is 12.3. The van der Waals surface area contributed by atoms with Crippen LogP contribution >= 0.6 is 11.6 Å². The number of halogens is 1. The van der Waals surface area contributed by atoms with Gasteiger partial charge in [-0.3, -0.25) is 14.5 Å². The highest BCUT2D eigenvalue weighted by molar-refractivity contribution is 6.31. The van der Waals surface area contributed by atoms with Gasteiger partial charge in [0.25, 0.3) is 5.91 Å². The largest absolute Gasteiger partial charge is 0.324 e. The van der Waals surface area contributed by atoms with Gasteiger partial charge in [0.2, 0.25) is 5.91 Å². The first-order valence-electron chi connectivity index (χ1n) is 8.79. The van der Waals surface area contributed by atoms with E-state index in [1.54, 1.807) is 15.9 Å². The van der Waals surface area contributed by atoms with Gasteiger partial charge in [-0.15, -0.1) is 0 Å². The maximum atomic E-state index is 13.3. The Balaban J connectivity index is 1.99. The molecule has 1 saturated heterocycles. The standard InChI is InChI=1S/C21H23ClN2O2/c1-14-9-15(2)11-17(10-14)21(26)24(13-23-8-4-5-20(23)25)18-7-6-16(3)19(22)12-18/h6-7,9-12H,4-5,8,13H2,1-3H3. The zero-order chi connectivity index (χ0) is 18.8. The number of nitrogens with zero attached hydrogens (tertiary/aromatic N) is 2. The highest BCUT2D eigenvalue weighted by Gasteiger charge is 2.26. The molecule has 1 fully saturated rings. The number of hydrogen-bond donors (Lipinski definition) is 0. The average Bonchev–Trinajstić information content (AvgIpc) is 2.99. The average molecular weight is 371 g/mol. The molecule has 0 N–H and O–H groups in total. The van der Waals surface area contributed by atoms with Crippen LogP contribution in [0.3, 0.4) is 0 Å².